The number of carbonyl (C=O) groups is 1. The molecule has 0 aliphatic rings. The predicted molar refractivity (Wildman–Crippen MR) is 72.7 cm³/mol. The van der Waals surface area contributed by atoms with E-state index in [4.69, 9.17) is 5.11 Å². The van der Waals surface area contributed by atoms with Crippen LogP contribution in [0, 0.1) is 0 Å². The topological polar surface area (TPSA) is 77.4 Å². The number of carbonyl (C=O) groups excluding carboxylic acids is 1. The summed E-state index contributed by atoms with van der Waals surface area (Å²) in [7, 11) is -1.62. The molecule has 2 aromatic rings. The molecule has 20 heavy (non-hydrogen) atoms. The van der Waals surface area contributed by atoms with Gasteiger partial charge in [0.2, 0.25) is 0 Å². The van der Waals surface area contributed by atoms with E-state index in [1.165, 1.54) is 12.1 Å². The first kappa shape index (κ1) is 14.4. The Hall–Kier alpha value is -1.98. The lowest BCUT2D eigenvalue weighted by molar-refractivity contribution is -0.255. The van der Waals surface area contributed by atoms with Gasteiger partial charge in [-0.15, -0.1) is 0 Å². The summed E-state index contributed by atoms with van der Waals surface area (Å²) in [6.45, 7) is -0.0592. The van der Waals surface area contributed by atoms with E-state index >= 15 is 0 Å². The van der Waals surface area contributed by atoms with Crippen LogP contribution in [0.15, 0.2) is 58.3 Å². The molecule has 0 saturated carbocycles. The second-order valence-corrected chi connectivity index (χ2v) is 5.55. The number of hydrogen-bond donors (Lipinski definition) is 1. The Kier molecular flexibility index (Phi) is 4.65. The van der Waals surface area contributed by atoms with Gasteiger partial charge in [-0.25, -0.2) is 4.21 Å². The lowest BCUT2D eigenvalue weighted by Crippen LogP contribution is -2.24. The highest BCUT2D eigenvalue weighted by Crippen LogP contribution is 2.23. The number of aliphatic hydroxyl groups excluding tert-OH is 1. The molecule has 2 rings (SSSR count). The fourth-order valence-electron chi connectivity index (χ4n) is 1.93. The van der Waals surface area contributed by atoms with Crippen molar-refractivity contribution in [3.05, 3.63) is 59.7 Å². The number of aliphatic hydroxyl groups is 1. The zero-order valence-corrected chi connectivity index (χ0v) is 11.4. The normalized spacial score (nSPS) is 12.1. The van der Waals surface area contributed by atoms with Crippen LogP contribution >= 0.6 is 0 Å². The standard InChI is InChI=1S/C15H14O4S/c16-10-9-11-5-1-3-7-13(11)20(19)14-8-4-2-6-12(14)15(17)18/h1-8,16H,9-10H2,(H,17,18)/p-1/t20-/m0/s1. The minimum Gasteiger partial charge on any atom is -0.545 e. The molecule has 104 valence electrons. The predicted octanol–water partition coefficient (Wildman–Crippen LogP) is 0.752. The fourth-order valence-corrected chi connectivity index (χ4v) is 3.33. The first-order valence-electron chi connectivity index (χ1n) is 6.06. The molecule has 0 bridgehead atoms. The fraction of sp³-hybridized carbons (Fsp3) is 0.133. The monoisotopic (exact) mass is 289 g/mol. The summed E-state index contributed by atoms with van der Waals surface area (Å²) in [5.41, 5.74) is 0.658. The Bertz CT molecular complexity index is 652. The van der Waals surface area contributed by atoms with Gasteiger partial charge in [0.1, 0.15) is 0 Å². The zero-order valence-electron chi connectivity index (χ0n) is 10.6. The van der Waals surface area contributed by atoms with Crippen molar-refractivity contribution in [2.75, 3.05) is 6.61 Å². The summed E-state index contributed by atoms with van der Waals surface area (Å²) in [5.74, 6) is -1.35. The van der Waals surface area contributed by atoms with Gasteiger partial charge in [0.15, 0.2) is 0 Å². The van der Waals surface area contributed by atoms with Crippen LogP contribution in [0.2, 0.25) is 0 Å². The van der Waals surface area contributed by atoms with Crippen LogP contribution in [0.25, 0.3) is 0 Å². The third kappa shape index (κ3) is 2.95. The summed E-state index contributed by atoms with van der Waals surface area (Å²) in [6, 6.07) is 13.0. The highest BCUT2D eigenvalue weighted by Gasteiger charge is 2.15. The van der Waals surface area contributed by atoms with Crippen molar-refractivity contribution >= 4 is 16.8 Å². The van der Waals surface area contributed by atoms with Gasteiger partial charge in [-0.1, -0.05) is 36.4 Å². The summed E-state index contributed by atoms with van der Waals surface area (Å²) in [6.07, 6.45) is 0.370. The van der Waals surface area contributed by atoms with E-state index in [2.05, 4.69) is 0 Å². The molecule has 0 radical (unpaired) electrons. The molecular formula is C15H13O4S-. The highest BCUT2D eigenvalue weighted by molar-refractivity contribution is 7.85. The van der Waals surface area contributed by atoms with E-state index in [1.807, 2.05) is 0 Å². The number of benzene rings is 2. The molecule has 4 nitrogen and oxygen atoms in total. The van der Waals surface area contributed by atoms with Crippen molar-refractivity contribution in [3.8, 4) is 0 Å². The maximum atomic E-state index is 12.6. The molecule has 0 heterocycles. The molecule has 0 fully saturated rings. The zero-order chi connectivity index (χ0) is 14.5. The van der Waals surface area contributed by atoms with Crippen LogP contribution in [-0.2, 0) is 17.2 Å². The van der Waals surface area contributed by atoms with Gasteiger partial charge in [0, 0.05) is 17.1 Å². The SMILES string of the molecule is O=C([O-])c1ccccc1[S@@](=O)c1ccccc1CCO. The first-order valence-corrected chi connectivity index (χ1v) is 7.21. The van der Waals surface area contributed by atoms with Crippen LogP contribution < -0.4 is 5.11 Å². The summed E-state index contributed by atoms with van der Waals surface area (Å²) >= 11 is 0. The van der Waals surface area contributed by atoms with Gasteiger partial charge in [-0.05, 0) is 24.1 Å². The average molecular weight is 289 g/mol. The number of carboxylic acids is 1. The van der Waals surface area contributed by atoms with Crippen molar-refractivity contribution < 1.29 is 19.2 Å². The molecule has 0 aliphatic carbocycles. The van der Waals surface area contributed by atoms with Gasteiger partial charge in [0.25, 0.3) is 0 Å². The largest absolute Gasteiger partial charge is 0.545 e. The van der Waals surface area contributed by atoms with Crippen LogP contribution in [-0.4, -0.2) is 21.9 Å². The number of rotatable bonds is 5. The number of hydrogen-bond acceptors (Lipinski definition) is 4. The number of carboxylic acid groups (broad SMARTS) is 1. The Morgan fingerprint density at radius 3 is 2.30 bits per heavy atom. The van der Waals surface area contributed by atoms with Gasteiger partial charge < -0.3 is 15.0 Å². The average Bonchev–Trinajstić information content (AvgIpc) is 2.47. The van der Waals surface area contributed by atoms with Crippen molar-refractivity contribution in [2.45, 2.75) is 16.2 Å². The number of aromatic carboxylic acids is 1. The van der Waals surface area contributed by atoms with E-state index in [9.17, 15) is 14.1 Å². The Morgan fingerprint density at radius 2 is 1.65 bits per heavy atom. The molecule has 0 unspecified atom stereocenters. The quantitative estimate of drug-likeness (QED) is 0.881. The van der Waals surface area contributed by atoms with E-state index in [-0.39, 0.29) is 17.1 Å². The summed E-state index contributed by atoms with van der Waals surface area (Å²) in [5, 5.41) is 20.1. The highest BCUT2D eigenvalue weighted by atomic mass is 32.2. The minimum absolute atomic E-state index is 0.0592. The van der Waals surface area contributed by atoms with Gasteiger partial charge >= 0.3 is 0 Å². The van der Waals surface area contributed by atoms with Gasteiger partial charge in [0.05, 0.1) is 21.7 Å². The maximum absolute atomic E-state index is 12.6. The van der Waals surface area contributed by atoms with Crippen LogP contribution in [0.3, 0.4) is 0 Å². The maximum Gasteiger partial charge on any atom is 0.0859 e. The molecule has 1 N–H and O–H groups in total. The molecular weight excluding hydrogens is 276 g/mol. The van der Waals surface area contributed by atoms with Crippen molar-refractivity contribution in [1.29, 1.82) is 0 Å². The molecule has 0 saturated heterocycles. The van der Waals surface area contributed by atoms with E-state index in [0.717, 1.165) is 5.56 Å². The third-order valence-corrected chi connectivity index (χ3v) is 4.41. The summed E-state index contributed by atoms with van der Waals surface area (Å²) in [4.78, 5) is 11.8. The Balaban J connectivity index is 2.50. The van der Waals surface area contributed by atoms with Gasteiger partial charge in [-0.2, -0.15) is 0 Å². The second-order valence-electron chi connectivity index (χ2n) is 4.13. The van der Waals surface area contributed by atoms with Crippen molar-refractivity contribution in [2.24, 2.45) is 0 Å². The third-order valence-electron chi connectivity index (χ3n) is 2.86. The second kappa shape index (κ2) is 6.45. The van der Waals surface area contributed by atoms with E-state index in [1.54, 1.807) is 36.4 Å². The smallest absolute Gasteiger partial charge is 0.0859 e. The molecule has 0 aliphatic heterocycles. The molecule has 0 amide bonds. The van der Waals surface area contributed by atoms with Crippen LogP contribution in [0.5, 0.6) is 0 Å². The molecule has 1 atom stereocenters. The van der Waals surface area contributed by atoms with E-state index in [0.29, 0.717) is 11.3 Å². The summed E-state index contributed by atoms with van der Waals surface area (Å²) < 4.78 is 12.6. The Labute approximate surface area is 119 Å². The first-order chi connectivity index (χ1) is 9.65. The van der Waals surface area contributed by atoms with Crippen molar-refractivity contribution in [3.63, 3.8) is 0 Å². The van der Waals surface area contributed by atoms with Gasteiger partial charge in [-0.3, -0.25) is 0 Å². The lowest BCUT2D eigenvalue weighted by atomic mass is 10.2. The van der Waals surface area contributed by atoms with Crippen LogP contribution in [0.1, 0.15) is 15.9 Å². The molecule has 0 aromatic heterocycles. The van der Waals surface area contributed by atoms with E-state index < -0.39 is 16.8 Å². The lowest BCUT2D eigenvalue weighted by Gasteiger charge is -2.12. The molecule has 5 heteroatoms. The van der Waals surface area contributed by atoms with Crippen molar-refractivity contribution in [1.82, 2.24) is 0 Å². The molecule has 2 aromatic carbocycles. The Morgan fingerprint density at radius 1 is 1.05 bits per heavy atom. The van der Waals surface area contributed by atoms with Crippen LogP contribution in [0.4, 0.5) is 0 Å². The molecule has 0 spiro atoms. The minimum atomic E-state index is -1.62.